The molecular formula is C53H63F4N7O5. The first-order valence-corrected chi connectivity index (χ1v) is 23.5. The number of hydrogen-bond acceptors (Lipinski definition) is 7. The molecule has 1 aromatic heterocycles. The minimum absolute atomic E-state index is 0.00259. The van der Waals surface area contributed by atoms with Crippen molar-refractivity contribution in [2.24, 2.45) is 0 Å². The zero-order valence-corrected chi connectivity index (χ0v) is 40.3. The first-order chi connectivity index (χ1) is 32.8. The highest BCUT2D eigenvalue weighted by Gasteiger charge is 2.27. The Morgan fingerprint density at radius 2 is 1.01 bits per heavy atom. The largest absolute Gasteiger partial charge is 0.415 e. The quantitative estimate of drug-likeness (QED) is 0.0973. The number of nitrogens with one attached hydrogen (secondary N) is 1. The smallest absolute Gasteiger partial charge is 0.324 e. The Morgan fingerprint density at radius 3 is 1.39 bits per heavy atom. The van der Waals surface area contributed by atoms with E-state index >= 15 is 0 Å². The molecule has 0 radical (unpaired) electrons. The van der Waals surface area contributed by atoms with E-state index in [2.05, 4.69) is 63.9 Å². The lowest BCUT2D eigenvalue weighted by molar-refractivity contribution is -0.131. The highest BCUT2D eigenvalue weighted by molar-refractivity contribution is 5.99. The topological polar surface area (TPSA) is 132 Å². The molecule has 2 aliphatic heterocycles. The summed E-state index contributed by atoms with van der Waals surface area (Å²) in [5, 5.41) is 8.99. The number of carbonyl (C=O) groups is 4. The summed E-state index contributed by atoms with van der Waals surface area (Å²) in [5.41, 5.74) is 6.60. The molecule has 0 bridgehead atoms. The molecule has 3 heterocycles. The number of piperidine rings is 2. The molecule has 16 heteroatoms. The van der Waals surface area contributed by atoms with Gasteiger partial charge in [0, 0.05) is 48.7 Å². The Labute approximate surface area is 402 Å². The van der Waals surface area contributed by atoms with Crippen LogP contribution in [-0.2, 0) is 28.7 Å². The molecule has 0 aliphatic carbocycles. The first-order valence-electron chi connectivity index (χ1n) is 23.5. The molecule has 1 N–H and O–H groups in total. The van der Waals surface area contributed by atoms with Crippen molar-refractivity contribution in [1.29, 1.82) is 0 Å². The number of Topliss-reactive ketones (excluding diaryl/α,β-unsaturated/α-hetero) is 1. The van der Waals surface area contributed by atoms with Gasteiger partial charge in [-0.25, -0.2) is 9.59 Å². The Balaban J connectivity index is 0.000000227. The van der Waals surface area contributed by atoms with Crippen molar-refractivity contribution < 1.29 is 41.2 Å². The Kier molecular flexibility index (Phi) is 17.4. The summed E-state index contributed by atoms with van der Waals surface area (Å²) in [7, 11) is 0. The number of alkyl halides is 4. The fourth-order valence-electron chi connectivity index (χ4n) is 8.03. The predicted molar refractivity (Wildman–Crippen MR) is 259 cm³/mol. The first kappa shape index (κ1) is 51.8. The van der Waals surface area contributed by atoms with Gasteiger partial charge in [0.2, 0.25) is 5.89 Å². The third-order valence-corrected chi connectivity index (χ3v) is 12.2. The van der Waals surface area contributed by atoms with E-state index in [9.17, 15) is 36.7 Å². The summed E-state index contributed by atoms with van der Waals surface area (Å²) >= 11 is 0. The van der Waals surface area contributed by atoms with Crippen molar-refractivity contribution in [2.45, 2.75) is 117 Å². The minimum Gasteiger partial charge on any atom is -0.415 e. The van der Waals surface area contributed by atoms with Crippen LogP contribution in [0.3, 0.4) is 0 Å². The second-order valence-corrected chi connectivity index (χ2v) is 19.5. The van der Waals surface area contributed by atoms with Crippen LogP contribution in [0.15, 0.2) is 101 Å². The van der Waals surface area contributed by atoms with Gasteiger partial charge in [0.1, 0.15) is 0 Å². The SMILES string of the molecule is CC(C)(C)c1ccc(N(Cc2ccc(-c3nnc(C(F)F)o3)cc2)C(=O)N2CCCCC2)cc1.CC(C)(C)c1ccc(N(Cc2ccc(C(=O)CNC(=O)C(F)F)cc2)C(=O)N2CCCCC2)cc1. The molecule has 5 aromatic rings. The number of rotatable bonds is 12. The van der Waals surface area contributed by atoms with E-state index in [-0.39, 0.29) is 28.8 Å². The van der Waals surface area contributed by atoms with Crippen molar-refractivity contribution >= 4 is 35.1 Å². The number of nitrogens with zero attached hydrogens (tertiary/aromatic N) is 6. The third-order valence-electron chi connectivity index (χ3n) is 12.2. The lowest BCUT2D eigenvalue weighted by atomic mass is 9.87. The van der Waals surface area contributed by atoms with Gasteiger partial charge in [-0.15, -0.1) is 10.2 Å². The Morgan fingerprint density at radius 1 is 0.594 bits per heavy atom. The zero-order chi connectivity index (χ0) is 49.9. The molecule has 368 valence electrons. The van der Waals surface area contributed by atoms with Gasteiger partial charge < -0.3 is 19.5 Å². The molecule has 0 atom stereocenters. The molecule has 2 fully saturated rings. The number of carbonyl (C=O) groups excluding carboxylic acids is 4. The van der Waals surface area contributed by atoms with Crippen molar-refractivity contribution in [1.82, 2.24) is 25.3 Å². The summed E-state index contributed by atoms with van der Waals surface area (Å²) in [6.07, 6.45) is 0.310. The van der Waals surface area contributed by atoms with E-state index in [0.29, 0.717) is 24.2 Å². The highest BCUT2D eigenvalue weighted by atomic mass is 19.3. The standard InChI is InChI=1S/C27H33F2N3O3.C26H30F2N4O2/c1-27(2,3)21-11-13-22(14-12-21)32(26(35)31-15-5-4-6-16-31)18-19-7-9-20(10-8-19)23(33)17-30-25(34)24(28)29;1-26(2,3)20-11-13-21(14-12-20)32(25(33)31-15-5-4-6-16-31)17-18-7-9-19(10-8-18)23-29-30-24(34-23)22(27)28/h7-14,24H,4-6,15-18H2,1-3H3,(H,30,34);7-14,22H,4-6,15-17H2,1-3H3. The van der Waals surface area contributed by atoms with Gasteiger partial charge in [0.05, 0.1) is 19.6 Å². The van der Waals surface area contributed by atoms with Crippen LogP contribution in [0.4, 0.5) is 38.5 Å². The third kappa shape index (κ3) is 14.2. The minimum atomic E-state index is -3.16. The summed E-state index contributed by atoms with van der Waals surface area (Å²) in [4.78, 5) is 57.5. The van der Waals surface area contributed by atoms with Gasteiger partial charge in [-0.1, -0.05) is 102 Å². The molecule has 12 nitrogen and oxygen atoms in total. The van der Waals surface area contributed by atoms with Crippen LogP contribution in [0.2, 0.25) is 0 Å². The number of aromatic nitrogens is 2. The van der Waals surface area contributed by atoms with Crippen molar-refractivity contribution in [2.75, 3.05) is 42.5 Å². The normalized spacial score (nSPS) is 14.3. The molecule has 4 aromatic carbocycles. The van der Waals surface area contributed by atoms with Crippen LogP contribution in [0, 0.1) is 0 Å². The maximum absolute atomic E-state index is 13.5. The summed E-state index contributed by atoms with van der Waals surface area (Å²) < 4.78 is 55.2. The van der Waals surface area contributed by atoms with Crippen LogP contribution >= 0.6 is 0 Å². The number of ketones is 1. The van der Waals surface area contributed by atoms with E-state index < -0.39 is 37.0 Å². The molecule has 5 amide bonds. The molecule has 0 unspecified atom stereocenters. The van der Waals surface area contributed by atoms with Crippen molar-refractivity contribution in [3.8, 4) is 11.5 Å². The number of anilines is 2. The fraction of sp³-hybridized carbons (Fsp3) is 0.434. The predicted octanol–water partition coefficient (Wildman–Crippen LogP) is 11.7. The average Bonchev–Trinajstić information content (AvgIpc) is 3.86. The summed E-state index contributed by atoms with van der Waals surface area (Å²) in [6, 6.07) is 29.9. The van der Waals surface area contributed by atoms with Crippen molar-refractivity contribution in [3.63, 3.8) is 0 Å². The van der Waals surface area contributed by atoms with E-state index in [0.717, 1.165) is 87.2 Å². The molecule has 0 spiro atoms. The molecule has 69 heavy (non-hydrogen) atoms. The number of halogens is 4. The maximum Gasteiger partial charge on any atom is 0.324 e. The van der Waals surface area contributed by atoms with Crippen molar-refractivity contribution in [3.05, 3.63) is 131 Å². The Hall–Kier alpha value is -6.58. The molecule has 7 rings (SSSR count). The molecule has 0 saturated carbocycles. The number of urea groups is 2. The second-order valence-electron chi connectivity index (χ2n) is 19.5. The highest BCUT2D eigenvalue weighted by Crippen LogP contribution is 2.30. The number of likely N-dealkylation sites (tertiary alicyclic amines) is 2. The fourth-order valence-corrected chi connectivity index (χ4v) is 8.03. The van der Waals surface area contributed by atoms with Gasteiger partial charge in [-0.05, 0) is 108 Å². The summed E-state index contributed by atoms with van der Waals surface area (Å²) in [6.45, 7) is 16.1. The Bertz CT molecular complexity index is 2470. The molecular weight excluding hydrogens is 891 g/mol. The van der Waals surface area contributed by atoms with Crippen LogP contribution in [0.25, 0.3) is 11.5 Å². The molecule has 2 saturated heterocycles. The van der Waals surface area contributed by atoms with E-state index in [1.165, 1.54) is 11.1 Å². The van der Waals surface area contributed by atoms with E-state index in [1.807, 2.05) is 63.6 Å². The maximum atomic E-state index is 13.5. The number of amides is 5. The van der Waals surface area contributed by atoms with Gasteiger partial charge in [0.25, 0.3) is 11.8 Å². The van der Waals surface area contributed by atoms with Crippen LogP contribution in [0.1, 0.15) is 125 Å². The summed E-state index contributed by atoms with van der Waals surface area (Å²) in [5.74, 6) is -2.60. The second kappa shape index (κ2) is 23.1. The van der Waals surface area contributed by atoms with Crippen LogP contribution < -0.4 is 15.1 Å². The zero-order valence-electron chi connectivity index (χ0n) is 40.3. The lowest BCUT2D eigenvalue weighted by Crippen LogP contribution is -2.45. The van der Waals surface area contributed by atoms with Gasteiger partial charge >= 0.3 is 24.9 Å². The number of benzene rings is 4. The number of hydrogen-bond donors (Lipinski definition) is 1. The monoisotopic (exact) mass is 953 g/mol. The van der Waals surface area contributed by atoms with Gasteiger partial charge in [0.15, 0.2) is 5.78 Å². The molecule has 2 aliphatic rings. The van der Waals surface area contributed by atoms with Gasteiger partial charge in [-0.2, -0.15) is 17.6 Å². The van der Waals surface area contributed by atoms with Crippen LogP contribution in [-0.4, -0.2) is 82.9 Å². The van der Waals surface area contributed by atoms with E-state index in [1.54, 1.807) is 46.2 Å². The van der Waals surface area contributed by atoms with E-state index in [4.69, 9.17) is 4.42 Å². The van der Waals surface area contributed by atoms with Crippen LogP contribution in [0.5, 0.6) is 0 Å². The van der Waals surface area contributed by atoms with Gasteiger partial charge in [-0.3, -0.25) is 19.4 Å². The average molecular weight is 954 g/mol. The lowest BCUT2D eigenvalue weighted by Gasteiger charge is -2.33.